The molecule has 2 rings (SSSR count). The van der Waals surface area contributed by atoms with Gasteiger partial charge in [0.1, 0.15) is 0 Å². The van der Waals surface area contributed by atoms with Gasteiger partial charge in [-0.15, -0.1) is 11.6 Å². The highest BCUT2D eigenvalue weighted by atomic mass is 79.9. The Kier molecular flexibility index (Phi) is 4.61. The van der Waals surface area contributed by atoms with Crippen LogP contribution in [0.3, 0.4) is 0 Å². The van der Waals surface area contributed by atoms with E-state index in [1.54, 1.807) is 0 Å². The summed E-state index contributed by atoms with van der Waals surface area (Å²) >= 11 is 9.38. The largest absolute Gasteiger partial charge is 0.370 e. The average Bonchev–Trinajstić information content (AvgIpc) is 2.39. The summed E-state index contributed by atoms with van der Waals surface area (Å²) in [5.41, 5.74) is 3.51. The fourth-order valence-corrected chi connectivity index (χ4v) is 2.64. The summed E-state index contributed by atoms with van der Waals surface area (Å²) in [6.07, 6.45) is 3.63. The van der Waals surface area contributed by atoms with Gasteiger partial charge in [0.2, 0.25) is 0 Å². The molecule has 0 bridgehead atoms. The van der Waals surface area contributed by atoms with E-state index in [1.807, 2.05) is 24.5 Å². The van der Waals surface area contributed by atoms with Crippen molar-refractivity contribution < 1.29 is 0 Å². The summed E-state index contributed by atoms with van der Waals surface area (Å²) < 4.78 is 1.05. The zero-order chi connectivity index (χ0) is 13.0. The summed E-state index contributed by atoms with van der Waals surface area (Å²) in [7, 11) is 2.07. The number of aromatic nitrogens is 1. The van der Waals surface area contributed by atoms with E-state index in [1.165, 1.54) is 5.56 Å². The van der Waals surface area contributed by atoms with Gasteiger partial charge in [-0.3, -0.25) is 4.98 Å². The molecule has 0 N–H and O–H groups in total. The van der Waals surface area contributed by atoms with E-state index in [0.29, 0.717) is 5.88 Å². The van der Waals surface area contributed by atoms with E-state index in [4.69, 9.17) is 11.6 Å². The fourth-order valence-electron chi connectivity index (χ4n) is 1.74. The number of pyridine rings is 1. The molecule has 0 saturated heterocycles. The average molecular weight is 326 g/mol. The Morgan fingerprint density at radius 2 is 1.94 bits per heavy atom. The van der Waals surface area contributed by atoms with Gasteiger partial charge < -0.3 is 4.90 Å². The highest BCUT2D eigenvalue weighted by molar-refractivity contribution is 9.10. The predicted molar refractivity (Wildman–Crippen MR) is 80.0 cm³/mol. The molecule has 0 atom stereocenters. The van der Waals surface area contributed by atoms with Gasteiger partial charge in [0, 0.05) is 42.0 Å². The summed E-state index contributed by atoms with van der Waals surface area (Å²) in [5, 5.41) is 0. The van der Waals surface area contributed by atoms with Crippen LogP contribution in [0.2, 0.25) is 0 Å². The lowest BCUT2D eigenvalue weighted by Crippen LogP contribution is -2.16. The van der Waals surface area contributed by atoms with Crippen molar-refractivity contribution in [2.45, 2.75) is 12.4 Å². The molecule has 94 valence electrons. The molecule has 0 aliphatic rings. The van der Waals surface area contributed by atoms with E-state index in [0.717, 1.165) is 22.3 Å². The summed E-state index contributed by atoms with van der Waals surface area (Å²) in [6, 6.07) is 10.3. The second-order valence-electron chi connectivity index (χ2n) is 4.12. The Bertz CT molecular complexity index is 516. The molecule has 0 fully saturated rings. The van der Waals surface area contributed by atoms with Crippen LogP contribution in [0.1, 0.15) is 11.1 Å². The first-order chi connectivity index (χ1) is 8.70. The van der Waals surface area contributed by atoms with Crippen molar-refractivity contribution in [1.82, 2.24) is 4.98 Å². The van der Waals surface area contributed by atoms with E-state index >= 15 is 0 Å². The molecule has 0 amide bonds. The molecule has 0 unspecified atom stereocenters. The number of hydrogen-bond donors (Lipinski definition) is 0. The van der Waals surface area contributed by atoms with E-state index in [2.05, 4.69) is 51.1 Å². The molecule has 1 aromatic carbocycles. The molecule has 0 aliphatic carbocycles. The summed E-state index contributed by atoms with van der Waals surface area (Å²) in [6.45, 7) is 0.856. The van der Waals surface area contributed by atoms with Gasteiger partial charge in [0.05, 0.1) is 0 Å². The number of halogens is 2. The first-order valence-corrected chi connectivity index (χ1v) is 6.98. The second kappa shape index (κ2) is 6.21. The molecule has 0 aliphatic heterocycles. The minimum atomic E-state index is 0.523. The zero-order valence-corrected chi connectivity index (χ0v) is 12.4. The van der Waals surface area contributed by atoms with E-state index in [9.17, 15) is 0 Å². The third kappa shape index (κ3) is 3.24. The van der Waals surface area contributed by atoms with Crippen molar-refractivity contribution in [2.75, 3.05) is 11.9 Å². The molecular formula is C14H14BrClN2. The lowest BCUT2D eigenvalue weighted by Gasteiger charge is -2.20. The SMILES string of the molecule is CN(Cc1ccncc1)c1ccc(CCl)c(Br)c1. The molecule has 0 radical (unpaired) electrons. The first kappa shape index (κ1) is 13.4. The monoisotopic (exact) mass is 324 g/mol. The maximum atomic E-state index is 5.84. The van der Waals surface area contributed by atoms with Gasteiger partial charge in [-0.1, -0.05) is 22.0 Å². The summed E-state index contributed by atoms with van der Waals surface area (Å²) in [4.78, 5) is 6.21. The number of rotatable bonds is 4. The molecule has 1 heterocycles. The molecule has 0 spiro atoms. The Labute approximate surface area is 121 Å². The quantitative estimate of drug-likeness (QED) is 0.782. The Morgan fingerprint density at radius 1 is 1.22 bits per heavy atom. The lowest BCUT2D eigenvalue weighted by atomic mass is 10.2. The van der Waals surface area contributed by atoms with Crippen molar-refractivity contribution in [3.8, 4) is 0 Å². The van der Waals surface area contributed by atoms with Crippen LogP contribution in [0.4, 0.5) is 5.69 Å². The van der Waals surface area contributed by atoms with Gasteiger partial charge in [-0.2, -0.15) is 0 Å². The van der Waals surface area contributed by atoms with Gasteiger partial charge in [-0.05, 0) is 35.4 Å². The third-order valence-electron chi connectivity index (χ3n) is 2.79. The molecule has 0 saturated carbocycles. The van der Waals surface area contributed by atoms with Crippen LogP contribution < -0.4 is 4.90 Å². The number of alkyl halides is 1. The van der Waals surface area contributed by atoms with Crippen molar-refractivity contribution >= 4 is 33.2 Å². The highest BCUT2D eigenvalue weighted by Crippen LogP contribution is 2.25. The third-order valence-corrected chi connectivity index (χ3v) is 3.82. The molecule has 2 nitrogen and oxygen atoms in total. The maximum absolute atomic E-state index is 5.84. The molecule has 18 heavy (non-hydrogen) atoms. The van der Waals surface area contributed by atoms with Gasteiger partial charge in [0.15, 0.2) is 0 Å². The number of hydrogen-bond acceptors (Lipinski definition) is 2. The minimum Gasteiger partial charge on any atom is -0.370 e. The minimum absolute atomic E-state index is 0.523. The molecule has 4 heteroatoms. The standard InChI is InChI=1S/C14H14BrClN2/c1-18(10-11-4-6-17-7-5-11)13-3-2-12(9-16)14(15)8-13/h2-8H,9-10H2,1H3. The smallest absolute Gasteiger partial charge is 0.0485 e. The Morgan fingerprint density at radius 3 is 2.56 bits per heavy atom. The fraction of sp³-hybridized carbons (Fsp3) is 0.214. The topological polar surface area (TPSA) is 16.1 Å². The number of benzene rings is 1. The lowest BCUT2D eigenvalue weighted by molar-refractivity contribution is 0.918. The van der Waals surface area contributed by atoms with Crippen LogP contribution in [0.25, 0.3) is 0 Å². The molecule has 2 aromatic rings. The van der Waals surface area contributed by atoms with Crippen molar-refractivity contribution in [1.29, 1.82) is 0 Å². The van der Waals surface area contributed by atoms with E-state index < -0.39 is 0 Å². The maximum Gasteiger partial charge on any atom is 0.0485 e. The first-order valence-electron chi connectivity index (χ1n) is 5.65. The Balaban J connectivity index is 2.14. The van der Waals surface area contributed by atoms with Crippen LogP contribution in [-0.4, -0.2) is 12.0 Å². The zero-order valence-electron chi connectivity index (χ0n) is 10.1. The van der Waals surface area contributed by atoms with Gasteiger partial charge >= 0.3 is 0 Å². The van der Waals surface area contributed by atoms with Crippen molar-refractivity contribution in [3.05, 3.63) is 58.3 Å². The highest BCUT2D eigenvalue weighted by Gasteiger charge is 2.05. The van der Waals surface area contributed by atoms with Crippen LogP contribution in [0.15, 0.2) is 47.2 Å². The number of anilines is 1. The second-order valence-corrected chi connectivity index (χ2v) is 5.24. The van der Waals surface area contributed by atoms with Crippen molar-refractivity contribution in [3.63, 3.8) is 0 Å². The van der Waals surface area contributed by atoms with Crippen molar-refractivity contribution in [2.24, 2.45) is 0 Å². The molecule has 1 aromatic heterocycles. The van der Waals surface area contributed by atoms with E-state index in [-0.39, 0.29) is 0 Å². The Hall–Kier alpha value is -1.06. The van der Waals surface area contributed by atoms with Gasteiger partial charge in [0.25, 0.3) is 0 Å². The molecular weight excluding hydrogens is 312 g/mol. The van der Waals surface area contributed by atoms with Crippen LogP contribution in [0, 0.1) is 0 Å². The normalized spacial score (nSPS) is 10.4. The van der Waals surface area contributed by atoms with Crippen LogP contribution in [-0.2, 0) is 12.4 Å². The number of nitrogens with zero attached hydrogens (tertiary/aromatic N) is 2. The van der Waals surface area contributed by atoms with Gasteiger partial charge in [-0.25, -0.2) is 0 Å². The summed E-state index contributed by atoms with van der Waals surface area (Å²) in [5.74, 6) is 0.523. The predicted octanol–water partition coefficient (Wildman–Crippen LogP) is 4.22. The van der Waals surface area contributed by atoms with Crippen LogP contribution >= 0.6 is 27.5 Å². The van der Waals surface area contributed by atoms with Crippen LogP contribution in [0.5, 0.6) is 0 Å².